The number of amides is 2. The van der Waals surface area contributed by atoms with E-state index in [1.165, 1.54) is 6.07 Å². The predicted molar refractivity (Wildman–Crippen MR) is 102 cm³/mol. The third-order valence-electron chi connectivity index (χ3n) is 6.05. The number of carbonyl (C=O) groups is 2. The lowest BCUT2D eigenvalue weighted by atomic mass is 9.98. The second-order valence-electron chi connectivity index (χ2n) is 7.71. The number of benzene rings is 1. The van der Waals surface area contributed by atoms with Crippen LogP contribution in [0.1, 0.15) is 54.6 Å². The Balaban J connectivity index is 1.54. The van der Waals surface area contributed by atoms with E-state index >= 15 is 0 Å². The van der Waals surface area contributed by atoms with Crippen LogP contribution in [0.5, 0.6) is 0 Å². The minimum atomic E-state index is -0.336. The zero-order valence-electron chi connectivity index (χ0n) is 15.8. The molecule has 2 aliphatic rings. The first-order valence-corrected chi connectivity index (χ1v) is 9.92. The van der Waals surface area contributed by atoms with E-state index in [0.29, 0.717) is 30.7 Å². The Morgan fingerprint density at radius 3 is 2.85 bits per heavy atom. The van der Waals surface area contributed by atoms with Gasteiger partial charge in [-0.05, 0) is 50.7 Å². The molecule has 1 aromatic carbocycles. The summed E-state index contributed by atoms with van der Waals surface area (Å²) in [6.07, 6.45) is 5.44. The van der Waals surface area contributed by atoms with Crippen molar-refractivity contribution < 1.29 is 14.0 Å². The van der Waals surface area contributed by atoms with Crippen molar-refractivity contribution in [2.45, 2.75) is 51.5 Å². The summed E-state index contributed by atoms with van der Waals surface area (Å²) in [5.41, 5.74) is 1.68. The number of halogens is 1. The van der Waals surface area contributed by atoms with Gasteiger partial charge in [0, 0.05) is 37.5 Å². The number of nitrogens with one attached hydrogen (secondary N) is 1. The van der Waals surface area contributed by atoms with Crippen LogP contribution in [0.4, 0.5) is 4.39 Å². The fourth-order valence-corrected chi connectivity index (χ4v) is 4.49. The van der Waals surface area contributed by atoms with Crippen LogP contribution in [0.3, 0.4) is 0 Å². The third-order valence-corrected chi connectivity index (χ3v) is 6.05. The highest BCUT2D eigenvalue weighted by atomic mass is 19.1. The molecule has 3 heterocycles. The van der Waals surface area contributed by atoms with E-state index in [9.17, 15) is 14.0 Å². The summed E-state index contributed by atoms with van der Waals surface area (Å²) in [7, 11) is 0. The average Bonchev–Trinajstić information content (AvgIpc) is 3.24. The first kappa shape index (κ1) is 18.0. The molecule has 2 saturated heterocycles. The number of hydrogen-bond donors (Lipinski definition) is 1. The molecule has 0 spiro atoms. The van der Waals surface area contributed by atoms with Gasteiger partial charge in [-0.3, -0.25) is 9.59 Å². The summed E-state index contributed by atoms with van der Waals surface area (Å²) >= 11 is 0. The lowest BCUT2D eigenvalue weighted by Gasteiger charge is -2.36. The van der Waals surface area contributed by atoms with Crippen LogP contribution in [0.15, 0.2) is 18.2 Å². The summed E-state index contributed by atoms with van der Waals surface area (Å²) < 4.78 is 14.1. The number of nitrogens with zero attached hydrogens (tertiary/aromatic N) is 2. The number of rotatable bonds is 4. The Morgan fingerprint density at radius 2 is 2.11 bits per heavy atom. The number of piperidine rings is 1. The molecule has 1 atom stereocenters. The van der Waals surface area contributed by atoms with E-state index < -0.39 is 0 Å². The molecule has 0 saturated carbocycles. The lowest BCUT2D eigenvalue weighted by Crippen LogP contribution is -2.45. The van der Waals surface area contributed by atoms with Crippen molar-refractivity contribution in [3.8, 4) is 0 Å². The quantitative estimate of drug-likeness (QED) is 0.892. The molecule has 5 nitrogen and oxygen atoms in total. The van der Waals surface area contributed by atoms with Crippen molar-refractivity contribution in [3.63, 3.8) is 0 Å². The number of aromatic amines is 1. The van der Waals surface area contributed by atoms with Crippen LogP contribution in [-0.4, -0.2) is 52.3 Å². The topological polar surface area (TPSA) is 56.4 Å². The molecule has 0 unspecified atom stereocenters. The Hall–Kier alpha value is -2.37. The average molecular weight is 371 g/mol. The van der Waals surface area contributed by atoms with Gasteiger partial charge in [0.1, 0.15) is 11.5 Å². The highest BCUT2D eigenvalue weighted by Crippen LogP contribution is 2.28. The molecule has 144 valence electrons. The van der Waals surface area contributed by atoms with Crippen LogP contribution in [0, 0.1) is 12.7 Å². The third kappa shape index (κ3) is 3.33. The van der Waals surface area contributed by atoms with Gasteiger partial charge in [-0.25, -0.2) is 4.39 Å². The van der Waals surface area contributed by atoms with E-state index in [0.717, 1.165) is 49.6 Å². The number of aromatic nitrogens is 1. The van der Waals surface area contributed by atoms with Crippen LogP contribution in [0.2, 0.25) is 0 Å². The molecule has 4 rings (SSSR count). The summed E-state index contributed by atoms with van der Waals surface area (Å²) in [4.78, 5) is 32.0. The zero-order chi connectivity index (χ0) is 19.0. The monoisotopic (exact) mass is 371 g/mol. The number of hydrogen-bond acceptors (Lipinski definition) is 2. The Kier molecular flexibility index (Phi) is 4.89. The molecule has 2 aromatic rings. The van der Waals surface area contributed by atoms with E-state index in [4.69, 9.17) is 0 Å². The maximum atomic E-state index is 14.1. The minimum Gasteiger partial charge on any atom is -0.348 e. The summed E-state index contributed by atoms with van der Waals surface area (Å²) in [6.45, 7) is 4.13. The van der Waals surface area contributed by atoms with E-state index in [2.05, 4.69) is 4.98 Å². The predicted octanol–water partition coefficient (Wildman–Crippen LogP) is 3.62. The van der Waals surface area contributed by atoms with Gasteiger partial charge in [-0.1, -0.05) is 12.1 Å². The molecule has 6 heteroatoms. The first-order chi connectivity index (χ1) is 13.1. The van der Waals surface area contributed by atoms with Crippen molar-refractivity contribution >= 4 is 22.7 Å². The molecule has 1 aromatic heterocycles. The smallest absolute Gasteiger partial charge is 0.270 e. The van der Waals surface area contributed by atoms with Crippen LogP contribution < -0.4 is 0 Å². The number of carbonyl (C=O) groups excluding carboxylic acids is 2. The first-order valence-electron chi connectivity index (χ1n) is 9.92. The largest absolute Gasteiger partial charge is 0.348 e. The number of fused-ring (bicyclic) bond motifs is 1. The molecule has 2 amide bonds. The molecule has 0 bridgehead atoms. The van der Waals surface area contributed by atoms with E-state index in [1.807, 2.05) is 22.8 Å². The minimum absolute atomic E-state index is 0.0550. The maximum absolute atomic E-state index is 14.1. The van der Waals surface area contributed by atoms with Gasteiger partial charge in [0.05, 0.1) is 5.52 Å². The van der Waals surface area contributed by atoms with Gasteiger partial charge in [-0.2, -0.15) is 0 Å². The van der Waals surface area contributed by atoms with Crippen LogP contribution in [0.25, 0.3) is 10.9 Å². The van der Waals surface area contributed by atoms with Gasteiger partial charge < -0.3 is 14.8 Å². The van der Waals surface area contributed by atoms with Crippen molar-refractivity contribution in [2.24, 2.45) is 0 Å². The van der Waals surface area contributed by atoms with Gasteiger partial charge in [0.15, 0.2) is 0 Å². The fraction of sp³-hybridized carbons (Fsp3) is 0.524. The maximum Gasteiger partial charge on any atom is 0.270 e. The van der Waals surface area contributed by atoms with Gasteiger partial charge in [0.2, 0.25) is 5.91 Å². The second-order valence-corrected chi connectivity index (χ2v) is 7.71. The summed E-state index contributed by atoms with van der Waals surface area (Å²) in [5, 5.41) is 0.759. The van der Waals surface area contributed by atoms with E-state index in [1.54, 1.807) is 6.07 Å². The van der Waals surface area contributed by atoms with Crippen molar-refractivity contribution in [3.05, 3.63) is 35.3 Å². The molecule has 2 fully saturated rings. The number of aryl methyl sites for hydroxylation is 1. The molecule has 0 aliphatic carbocycles. The lowest BCUT2D eigenvalue weighted by molar-refractivity contribution is -0.127. The van der Waals surface area contributed by atoms with Crippen molar-refractivity contribution in [1.29, 1.82) is 0 Å². The normalized spacial score (nSPS) is 20.7. The van der Waals surface area contributed by atoms with Crippen LogP contribution in [-0.2, 0) is 4.79 Å². The highest BCUT2D eigenvalue weighted by Gasteiger charge is 2.31. The Bertz CT molecular complexity index is 876. The molecule has 27 heavy (non-hydrogen) atoms. The Labute approximate surface area is 158 Å². The molecular weight excluding hydrogens is 345 g/mol. The van der Waals surface area contributed by atoms with Gasteiger partial charge >= 0.3 is 0 Å². The summed E-state index contributed by atoms with van der Waals surface area (Å²) in [5.74, 6) is -0.163. The van der Waals surface area contributed by atoms with Gasteiger partial charge in [0.25, 0.3) is 5.91 Å². The number of H-pyrrole nitrogens is 1. The second kappa shape index (κ2) is 7.33. The molecular formula is C21H26FN3O2. The highest BCUT2D eigenvalue weighted by molar-refractivity contribution is 6.01. The SMILES string of the molecule is Cc1c(C(=O)N2CCCC[C@H]2CCN2CCCC2=O)[nH]c2c(F)cccc12. The Morgan fingerprint density at radius 1 is 1.26 bits per heavy atom. The standard InChI is InChI=1S/C21H26FN3O2/c1-14-16-7-4-8-17(22)20(16)23-19(14)21(27)25-12-3-2-6-15(25)10-13-24-11-5-9-18(24)26/h4,7-8,15,23H,2-3,5-6,9-13H2,1H3/t15-/m0/s1. The van der Waals surface area contributed by atoms with Gasteiger partial charge in [-0.15, -0.1) is 0 Å². The van der Waals surface area contributed by atoms with Crippen molar-refractivity contribution in [1.82, 2.24) is 14.8 Å². The molecule has 2 aliphatic heterocycles. The van der Waals surface area contributed by atoms with Crippen molar-refractivity contribution in [2.75, 3.05) is 19.6 Å². The number of likely N-dealkylation sites (tertiary alicyclic amines) is 2. The fourth-order valence-electron chi connectivity index (χ4n) is 4.49. The number of para-hydroxylation sites is 1. The molecule has 0 radical (unpaired) electrons. The zero-order valence-corrected chi connectivity index (χ0v) is 15.8. The van der Waals surface area contributed by atoms with Crippen LogP contribution >= 0.6 is 0 Å². The summed E-state index contributed by atoms with van der Waals surface area (Å²) in [6, 6.07) is 5.05. The van der Waals surface area contributed by atoms with E-state index in [-0.39, 0.29) is 23.7 Å². The molecule has 1 N–H and O–H groups in total.